The minimum atomic E-state index is -4.32. The lowest BCUT2D eigenvalue weighted by atomic mass is 10.1. The van der Waals surface area contributed by atoms with Gasteiger partial charge in [0.05, 0.1) is 22.9 Å². The number of nitrogens with zero attached hydrogens (tertiary/aromatic N) is 5. The van der Waals surface area contributed by atoms with E-state index in [1.165, 1.54) is 12.1 Å². The second-order valence-electron chi connectivity index (χ2n) is 6.08. The van der Waals surface area contributed by atoms with Crippen LogP contribution in [0, 0.1) is 17.0 Å². The van der Waals surface area contributed by atoms with Gasteiger partial charge in [-0.3, -0.25) is 14.9 Å². The molecule has 0 aliphatic carbocycles. The number of nitro groups is 1. The summed E-state index contributed by atoms with van der Waals surface area (Å²) in [7, 11) is -4.32. The maximum atomic E-state index is 13.3. The van der Waals surface area contributed by atoms with Crippen LogP contribution in [0.1, 0.15) is 24.1 Å². The molecular weight excluding hydrogens is 378 g/mol. The summed E-state index contributed by atoms with van der Waals surface area (Å²) >= 11 is 0. The standard InChI is InChI=1S/C15H17N5O6S/c1-3-10-4-5-11(20(23)24)6-13(10)27(25,26)19-8-14-17-16-9(2)18(14)7-12(19)15(21)22/h4-6,12H,3,7-8H2,1-2H3,(H,21,22). The quantitative estimate of drug-likeness (QED) is 0.575. The van der Waals surface area contributed by atoms with Crippen LogP contribution in [0.5, 0.6) is 0 Å². The number of non-ortho nitro benzene ring substituents is 1. The topological polar surface area (TPSA) is 149 Å². The third kappa shape index (κ3) is 3.17. The predicted molar refractivity (Wildman–Crippen MR) is 91.4 cm³/mol. The van der Waals surface area contributed by atoms with E-state index < -0.39 is 27.0 Å². The highest BCUT2D eigenvalue weighted by atomic mass is 32.2. The lowest BCUT2D eigenvalue weighted by Crippen LogP contribution is -2.50. The number of aliphatic carboxylic acids is 1. The molecule has 0 saturated carbocycles. The third-order valence-corrected chi connectivity index (χ3v) is 6.46. The number of hydrogen-bond acceptors (Lipinski definition) is 7. The molecule has 1 atom stereocenters. The molecule has 1 N–H and O–H groups in total. The Kier molecular flexibility index (Phi) is 4.70. The van der Waals surface area contributed by atoms with E-state index in [0.29, 0.717) is 23.6 Å². The molecule has 2 aromatic rings. The number of rotatable bonds is 5. The van der Waals surface area contributed by atoms with Crippen LogP contribution in [0.2, 0.25) is 0 Å². The van der Waals surface area contributed by atoms with Crippen molar-refractivity contribution in [1.29, 1.82) is 0 Å². The fraction of sp³-hybridized carbons (Fsp3) is 0.400. The van der Waals surface area contributed by atoms with Gasteiger partial charge >= 0.3 is 5.97 Å². The monoisotopic (exact) mass is 395 g/mol. The maximum Gasteiger partial charge on any atom is 0.323 e. The Balaban J connectivity index is 2.14. The van der Waals surface area contributed by atoms with E-state index in [1.807, 2.05) is 0 Å². The number of carboxylic acids is 1. The van der Waals surface area contributed by atoms with Crippen molar-refractivity contribution >= 4 is 21.7 Å². The largest absolute Gasteiger partial charge is 0.480 e. The van der Waals surface area contributed by atoms with Gasteiger partial charge in [-0.2, -0.15) is 4.31 Å². The van der Waals surface area contributed by atoms with Crippen LogP contribution in [0.15, 0.2) is 23.1 Å². The van der Waals surface area contributed by atoms with Crippen molar-refractivity contribution in [2.75, 3.05) is 0 Å². The number of fused-ring (bicyclic) bond motifs is 1. The number of carbonyl (C=O) groups is 1. The van der Waals surface area contributed by atoms with Crippen molar-refractivity contribution in [3.05, 3.63) is 45.5 Å². The number of aryl methyl sites for hydroxylation is 2. The fourth-order valence-electron chi connectivity index (χ4n) is 3.06. The third-order valence-electron chi connectivity index (χ3n) is 4.53. The van der Waals surface area contributed by atoms with Gasteiger partial charge < -0.3 is 9.67 Å². The highest BCUT2D eigenvalue weighted by Gasteiger charge is 2.42. The number of nitro benzene ring substituents is 1. The van der Waals surface area contributed by atoms with E-state index in [0.717, 1.165) is 10.4 Å². The van der Waals surface area contributed by atoms with Crippen LogP contribution < -0.4 is 0 Å². The summed E-state index contributed by atoms with van der Waals surface area (Å²) < 4.78 is 28.9. The lowest BCUT2D eigenvalue weighted by molar-refractivity contribution is -0.385. The molecule has 2 heterocycles. The average Bonchev–Trinajstić information content (AvgIpc) is 3.00. The summed E-state index contributed by atoms with van der Waals surface area (Å²) in [6.07, 6.45) is 0.313. The van der Waals surface area contributed by atoms with E-state index in [4.69, 9.17) is 0 Å². The smallest absolute Gasteiger partial charge is 0.323 e. The summed E-state index contributed by atoms with van der Waals surface area (Å²) in [4.78, 5) is 21.9. The molecule has 1 aliphatic heterocycles. The number of carboxylic acid groups (broad SMARTS) is 1. The summed E-state index contributed by atoms with van der Waals surface area (Å²) in [5, 5.41) is 28.4. The van der Waals surface area contributed by atoms with E-state index >= 15 is 0 Å². The number of aromatic nitrogens is 3. The Morgan fingerprint density at radius 2 is 2.11 bits per heavy atom. The van der Waals surface area contributed by atoms with Crippen molar-refractivity contribution in [2.24, 2.45) is 0 Å². The van der Waals surface area contributed by atoms with Crippen molar-refractivity contribution in [3.8, 4) is 0 Å². The molecule has 1 aromatic heterocycles. The molecule has 1 aromatic carbocycles. The van der Waals surface area contributed by atoms with Crippen LogP contribution in [-0.4, -0.2) is 49.5 Å². The molecule has 0 bridgehead atoms. The molecule has 0 spiro atoms. The lowest BCUT2D eigenvalue weighted by Gasteiger charge is -2.32. The summed E-state index contributed by atoms with van der Waals surface area (Å²) in [5.74, 6) is -0.518. The van der Waals surface area contributed by atoms with E-state index in [-0.39, 0.29) is 23.7 Å². The first kappa shape index (κ1) is 18.9. The van der Waals surface area contributed by atoms with Crippen molar-refractivity contribution in [2.45, 2.75) is 44.3 Å². The van der Waals surface area contributed by atoms with Gasteiger partial charge in [-0.15, -0.1) is 10.2 Å². The predicted octanol–water partition coefficient (Wildman–Crippen LogP) is 0.715. The van der Waals surface area contributed by atoms with Gasteiger partial charge in [0.25, 0.3) is 5.69 Å². The van der Waals surface area contributed by atoms with Gasteiger partial charge in [0, 0.05) is 12.1 Å². The van der Waals surface area contributed by atoms with E-state index in [2.05, 4.69) is 10.2 Å². The van der Waals surface area contributed by atoms with Gasteiger partial charge in [-0.25, -0.2) is 8.42 Å². The van der Waals surface area contributed by atoms with Crippen LogP contribution in [0.25, 0.3) is 0 Å². The first-order valence-corrected chi connectivity index (χ1v) is 9.51. The van der Waals surface area contributed by atoms with E-state index in [9.17, 15) is 28.4 Å². The van der Waals surface area contributed by atoms with E-state index in [1.54, 1.807) is 18.4 Å². The van der Waals surface area contributed by atoms with Gasteiger partial charge in [-0.1, -0.05) is 13.0 Å². The fourth-order valence-corrected chi connectivity index (χ4v) is 4.91. The minimum Gasteiger partial charge on any atom is -0.480 e. The number of hydrogen-bond donors (Lipinski definition) is 1. The molecule has 27 heavy (non-hydrogen) atoms. The highest BCUT2D eigenvalue weighted by molar-refractivity contribution is 7.89. The first-order valence-electron chi connectivity index (χ1n) is 8.07. The van der Waals surface area contributed by atoms with Crippen LogP contribution in [0.4, 0.5) is 5.69 Å². The van der Waals surface area contributed by atoms with Crippen molar-refractivity contribution in [1.82, 2.24) is 19.1 Å². The second kappa shape index (κ2) is 6.70. The highest BCUT2D eigenvalue weighted by Crippen LogP contribution is 2.30. The number of benzene rings is 1. The normalized spacial score (nSPS) is 17.5. The SMILES string of the molecule is CCc1ccc([N+](=O)[O-])cc1S(=O)(=O)N1Cc2nnc(C)n2CC1C(=O)O. The zero-order chi connectivity index (χ0) is 19.9. The van der Waals surface area contributed by atoms with Gasteiger partial charge in [0.15, 0.2) is 0 Å². The maximum absolute atomic E-state index is 13.3. The van der Waals surface area contributed by atoms with Crippen LogP contribution >= 0.6 is 0 Å². The van der Waals surface area contributed by atoms with Gasteiger partial charge in [0.1, 0.15) is 17.7 Å². The molecule has 0 saturated heterocycles. The molecular formula is C15H17N5O6S. The molecule has 0 fully saturated rings. The summed E-state index contributed by atoms with van der Waals surface area (Å²) in [5.41, 5.74) is -0.0124. The molecule has 3 rings (SSSR count). The zero-order valence-corrected chi connectivity index (χ0v) is 15.4. The zero-order valence-electron chi connectivity index (χ0n) is 14.6. The molecule has 0 amide bonds. The summed E-state index contributed by atoms with van der Waals surface area (Å²) in [6, 6.07) is 2.19. The Labute approximate surface area is 154 Å². The van der Waals surface area contributed by atoms with Gasteiger partial charge in [-0.05, 0) is 18.9 Å². The number of sulfonamides is 1. The molecule has 1 aliphatic rings. The summed E-state index contributed by atoms with van der Waals surface area (Å²) in [6.45, 7) is 2.94. The minimum absolute atomic E-state index is 0.140. The molecule has 11 nitrogen and oxygen atoms in total. The van der Waals surface area contributed by atoms with Crippen LogP contribution in [-0.2, 0) is 34.3 Å². The van der Waals surface area contributed by atoms with Gasteiger partial charge in [0.2, 0.25) is 10.0 Å². The molecule has 144 valence electrons. The van der Waals surface area contributed by atoms with Crippen molar-refractivity contribution < 1.29 is 23.2 Å². The molecule has 12 heteroatoms. The Morgan fingerprint density at radius 1 is 1.41 bits per heavy atom. The molecule has 1 unspecified atom stereocenters. The average molecular weight is 395 g/mol. The Morgan fingerprint density at radius 3 is 2.70 bits per heavy atom. The first-order chi connectivity index (χ1) is 12.7. The van der Waals surface area contributed by atoms with Crippen LogP contribution in [0.3, 0.4) is 0 Å². The second-order valence-corrected chi connectivity index (χ2v) is 7.94. The molecule has 0 radical (unpaired) electrons. The van der Waals surface area contributed by atoms with Crippen molar-refractivity contribution in [3.63, 3.8) is 0 Å². The Bertz CT molecular complexity index is 1030. The Hall–Kier alpha value is -2.86.